The molecule has 1 aromatic carbocycles. The monoisotopic (exact) mass is 231 g/mol. The molecule has 3 N–H and O–H groups in total. The predicted octanol–water partition coefficient (Wildman–Crippen LogP) is -0.476. The summed E-state index contributed by atoms with van der Waals surface area (Å²) < 4.78 is 0. The molecular weight excluding hydrogens is 228 g/mol. The van der Waals surface area contributed by atoms with Gasteiger partial charge in [0.1, 0.15) is 10.0 Å². The van der Waals surface area contributed by atoms with Crippen LogP contribution in [0.25, 0.3) is 0 Å². The standard InChI is InChI=1S/C6H4Cl3N.ClH/c7-3-1-4(8)6(10)5(9)2-3;/h1-2H,10H2;1H. The van der Waals surface area contributed by atoms with E-state index < -0.39 is 0 Å². The Kier molecular flexibility index (Phi) is 4.52. The van der Waals surface area contributed by atoms with Crippen LogP contribution in [0.4, 0.5) is 5.69 Å². The van der Waals surface area contributed by atoms with E-state index in [-0.39, 0.29) is 12.4 Å². The summed E-state index contributed by atoms with van der Waals surface area (Å²) >= 11 is 17.0. The number of hydrogen-bond donors (Lipinski definition) is 1. The van der Waals surface area contributed by atoms with Gasteiger partial charge in [-0.05, 0) is 12.1 Å². The molecule has 0 heterocycles. The molecule has 0 amide bonds. The van der Waals surface area contributed by atoms with Gasteiger partial charge in [0, 0.05) is 5.02 Å². The number of rotatable bonds is 0. The van der Waals surface area contributed by atoms with E-state index in [0.29, 0.717) is 20.8 Å². The van der Waals surface area contributed by atoms with Crippen molar-refractivity contribution in [3.63, 3.8) is 0 Å². The zero-order valence-corrected chi connectivity index (χ0v) is 8.40. The van der Waals surface area contributed by atoms with Crippen molar-refractivity contribution in [3.05, 3.63) is 27.2 Å². The van der Waals surface area contributed by atoms with Gasteiger partial charge in [-0.3, -0.25) is 0 Å². The lowest BCUT2D eigenvalue weighted by atomic mass is 10.3. The lowest BCUT2D eigenvalue weighted by molar-refractivity contribution is -0.254. The average molecular weight is 233 g/mol. The van der Waals surface area contributed by atoms with Gasteiger partial charge in [0.05, 0.1) is 0 Å². The Hall–Kier alpha value is 0.340. The summed E-state index contributed by atoms with van der Waals surface area (Å²) in [6.45, 7) is 0. The Morgan fingerprint density at radius 1 is 1.00 bits per heavy atom. The number of halogens is 4. The molecule has 5 heteroatoms. The fourth-order valence-corrected chi connectivity index (χ4v) is 1.39. The Bertz CT molecular complexity index is 238. The fraction of sp³-hybridized carbons (Fsp3) is 0. The fourth-order valence-electron chi connectivity index (χ4n) is 0.572. The van der Waals surface area contributed by atoms with Crippen LogP contribution in [-0.4, -0.2) is 0 Å². The summed E-state index contributed by atoms with van der Waals surface area (Å²) in [6, 6.07) is 3.22. The van der Waals surface area contributed by atoms with Crippen LogP contribution in [0.2, 0.25) is 15.1 Å². The van der Waals surface area contributed by atoms with E-state index in [0.717, 1.165) is 0 Å². The van der Waals surface area contributed by atoms with Crippen molar-refractivity contribution >= 4 is 40.5 Å². The predicted molar refractivity (Wildman–Crippen MR) is 44.0 cm³/mol. The zero-order chi connectivity index (χ0) is 7.72. The molecule has 0 radical (unpaired) electrons. The molecule has 0 fully saturated rings. The molecule has 0 aliphatic heterocycles. The largest absolute Gasteiger partial charge is 1.00 e. The molecule has 1 rings (SSSR count). The summed E-state index contributed by atoms with van der Waals surface area (Å²) in [5.74, 6) is 0. The second-order valence-electron chi connectivity index (χ2n) is 1.85. The van der Waals surface area contributed by atoms with Crippen molar-refractivity contribution in [3.8, 4) is 0 Å². The molecule has 0 unspecified atom stereocenters. The maximum atomic E-state index is 5.69. The molecule has 0 saturated heterocycles. The maximum absolute atomic E-state index is 5.69. The Morgan fingerprint density at radius 3 is 1.73 bits per heavy atom. The lowest BCUT2D eigenvalue weighted by Gasteiger charge is -1.96. The highest BCUT2D eigenvalue weighted by Gasteiger charge is 2.05. The SMILES string of the molecule is [Cl-].[NH3+]c1c(Cl)cc(Cl)cc1Cl. The van der Waals surface area contributed by atoms with Gasteiger partial charge in [0.2, 0.25) is 0 Å². The smallest absolute Gasteiger partial charge is 0.165 e. The first-order valence-electron chi connectivity index (χ1n) is 2.58. The second kappa shape index (κ2) is 4.39. The van der Waals surface area contributed by atoms with Crippen LogP contribution in [0.15, 0.2) is 12.1 Å². The van der Waals surface area contributed by atoms with Gasteiger partial charge in [-0.2, -0.15) is 0 Å². The molecule has 0 spiro atoms. The number of quaternary nitrogens is 1. The van der Waals surface area contributed by atoms with E-state index in [1.807, 2.05) is 0 Å². The molecular formula is C6H5Cl4N. The maximum Gasteiger partial charge on any atom is 0.165 e. The Morgan fingerprint density at radius 2 is 1.36 bits per heavy atom. The van der Waals surface area contributed by atoms with Crippen molar-refractivity contribution < 1.29 is 18.1 Å². The van der Waals surface area contributed by atoms with Gasteiger partial charge in [0.15, 0.2) is 5.69 Å². The lowest BCUT2D eigenvalue weighted by Crippen LogP contribution is -3.00. The van der Waals surface area contributed by atoms with Gasteiger partial charge < -0.3 is 18.1 Å². The summed E-state index contributed by atoms with van der Waals surface area (Å²) in [5.41, 5.74) is 4.26. The Labute approximate surface area is 85.8 Å². The van der Waals surface area contributed by atoms with Gasteiger partial charge in [0.25, 0.3) is 0 Å². The first-order valence-corrected chi connectivity index (χ1v) is 3.71. The molecule has 0 aliphatic rings. The molecule has 0 bridgehead atoms. The van der Waals surface area contributed by atoms with Crippen LogP contribution < -0.4 is 18.1 Å². The van der Waals surface area contributed by atoms with Crippen LogP contribution in [0, 0.1) is 0 Å². The van der Waals surface area contributed by atoms with Gasteiger partial charge in [-0.1, -0.05) is 34.8 Å². The van der Waals surface area contributed by atoms with E-state index in [1.54, 1.807) is 12.1 Å². The van der Waals surface area contributed by atoms with Crippen molar-refractivity contribution in [1.29, 1.82) is 0 Å². The van der Waals surface area contributed by atoms with Crippen LogP contribution in [-0.2, 0) is 0 Å². The molecule has 0 aromatic heterocycles. The summed E-state index contributed by atoms with van der Waals surface area (Å²) in [6.07, 6.45) is 0. The summed E-state index contributed by atoms with van der Waals surface area (Å²) in [4.78, 5) is 0. The third-order valence-electron chi connectivity index (χ3n) is 1.11. The highest BCUT2D eigenvalue weighted by Crippen LogP contribution is 2.29. The second-order valence-corrected chi connectivity index (χ2v) is 3.10. The Balaban J connectivity index is 0.000001000. The van der Waals surface area contributed by atoms with E-state index in [4.69, 9.17) is 34.8 Å². The third-order valence-corrected chi connectivity index (χ3v) is 2.00. The summed E-state index contributed by atoms with van der Waals surface area (Å²) in [5, 5.41) is 1.53. The number of benzene rings is 1. The van der Waals surface area contributed by atoms with E-state index in [2.05, 4.69) is 5.73 Å². The quantitative estimate of drug-likeness (QED) is 0.627. The van der Waals surface area contributed by atoms with Gasteiger partial charge in [-0.25, -0.2) is 0 Å². The third kappa shape index (κ3) is 2.69. The average Bonchev–Trinajstić information content (AvgIpc) is 1.82. The van der Waals surface area contributed by atoms with Crippen molar-refractivity contribution in [2.75, 3.05) is 0 Å². The van der Waals surface area contributed by atoms with Crippen molar-refractivity contribution in [2.45, 2.75) is 0 Å². The topological polar surface area (TPSA) is 27.6 Å². The zero-order valence-electron chi connectivity index (χ0n) is 5.37. The molecule has 11 heavy (non-hydrogen) atoms. The molecule has 0 saturated carbocycles. The minimum Gasteiger partial charge on any atom is -1.00 e. The van der Waals surface area contributed by atoms with E-state index in [1.165, 1.54) is 0 Å². The molecule has 62 valence electrons. The van der Waals surface area contributed by atoms with Crippen molar-refractivity contribution in [1.82, 2.24) is 0 Å². The minimum atomic E-state index is 0. The van der Waals surface area contributed by atoms with Gasteiger partial charge in [-0.15, -0.1) is 0 Å². The number of hydrogen-bond acceptors (Lipinski definition) is 0. The molecule has 0 aliphatic carbocycles. The minimum absolute atomic E-state index is 0. The van der Waals surface area contributed by atoms with Crippen molar-refractivity contribution in [2.24, 2.45) is 0 Å². The highest BCUT2D eigenvalue weighted by atomic mass is 35.5. The first kappa shape index (κ1) is 11.3. The van der Waals surface area contributed by atoms with E-state index >= 15 is 0 Å². The summed E-state index contributed by atoms with van der Waals surface area (Å²) in [7, 11) is 0. The highest BCUT2D eigenvalue weighted by molar-refractivity contribution is 6.40. The van der Waals surface area contributed by atoms with Crippen LogP contribution in [0.1, 0.15) is 0 Å². The molecule has 1 nitrogen and oxygen atoms in total. The van der Waals surface area contributed by atoms with Crippen LogP contribution in [0.3, 0.4) is 0 Å². The van der Waals surface area contributed by atoms with Crippen LogP contribution in [0.5, 0.6) is 0 Å². The van der Waals surface area contributed by atoms with Crippen LogP contribution >= 0.6 is 34.8 Å². The first-order chi connectivity index (χ1) is 4.61. The van der Waals surface area contributed by atoms with Gasteiger partial charge >= 0.3 is 0 Å². The normalized spacial score (nSPS) is 9.09. The molecule has 1 aromatic rings. The van der Waals surface area contributed by atoms with E-state index in [9.17, 15) is 0 Å². The molecule has 0 atom stereocenters.